The molecule has 3 unspecified atom stereocenters. The normalized spacial score (nSPS) is 22.9. The van der Waals surface area contributed by atoms with Crippen molar-refractivity contribution in [1.29, 1.82) is 0 Å². The number of anilines is 2. The molecule has 3 aromatic rings. The zero-order valence-corrected chi connectivity index (χ0v) is 22.4. The van der Waals surface area contributed by atoms with Crippen LogP contribution in [-0.4, -0.2) is 39.2 Å². The van der Waals surface area contributed by atoms with E-state index in [4.69, 9.17) is 4.74 Å². The van der Waals surface area contributed by atoms with Crippen LogP contribution in [0.5, 0.6) is 0 Å². The molecule has 0 N–H and O–H groups in total. The van der Waals surface area contributed by atoms with Crippen molar-refractivity contribution in [2.45, 2.75) is 61.2 Å². The Morgan fingerprint density at radius 2 is 1.57 bits per heavy atom. The van der Waals surface area contributed by atoms with Gasteiger partial charge in [-0.25, -0.2) is 13.2 Å². The Morgan fingerprint density at radius 3 is 2.22 bits per heavy atom. The Hall–Kier alpha value is -3.58. The van der Waals surface area contributed by atoms with Crippen LogP contribution in [0.4, 0.5) is 11.4 Å². The Bertz CT molecular complexity index is 1430. The van der Waals surface area contributed by atoms with Crippen molar-refractivity contribution in [3.8, 4) is 0 Å². The van der Waals surface area contributed by atoms with Crippen molar-refractivity contribution in [2.24, 2.45) is 0 Å². The van der Waals surface area contributed by atoms with Gasteiger partial charge in [-0.1, -0.05) is 62.4 Å². The molecule has 192 valence electrons. The Balaban J connectivity index is 1.50. The summed E-state index contributed by atoms with van der Waals surface area (Å²) in [5.41, 5.74) is 2.52. The first-order valence-electron chi connectivity index (χ1n) is 12.6. The number of ether oxygens (including phenoxy) is 1. The molecule has 0 amide bonds. The van der Waals surface area contributed by atoms with E-state index in [1.807, 2.05) is 60.4 Å². The van der Waals surface area contributed by atoms with Crippen LogP contribution in [-0.2, 0) is 24.8 Å². The summed E-state index contributed by atoms with van der Waals surface area (Å²) in [6, 6.07) is 23.1. The smallest absolute Gasteiger partial charge is 0.334 e. The molecule has 3 atom stereocenters. The second-order valence-corrected chi connectivity index (χ2v) is 12.0. The molecule has 7 heteroatoms. The largest absolute Gasteiger partial charge is 0.440 e. The molecule has 1 saturated heterocycles. The maximum atomic E-state index is 13.3. The van der Waals surface area contributed by atoms with Gasteiger partial charge in [-0.15, -0.1) is 0 Å². The number of hydrogen-bond acceptors (Lipinski definition) is 6. The molecular weight excluding hydrogens is 484 g/mol. The summed E-state index contributed by atoms with van der Waals surface area (Å²) in [6.07, 6.45) is 3.64. The lowest BCUT2D eigenvalue weighted by atomic mass is 9.80. The fourth-order valence-electron chi connectivity index (χ4n) is 5.58. The number of carbonyl (C=O) groups is 1. The van der Waals surface area contributed by atoms with Crippen LogP contribution >= 0.6 is 0 Å². The first-order chi connectivity index (χ1) is 17.7. The summed E-state index contributed by atoms with van der Waals surface area (Å²) in [6.45, 7) is 8.95. The van der Waals surface area contributed by atoms with Crippen molar-refractivity contribution < 1.29 is 17.9 Å². The van der Waals surface area contributed by atoms with Crippen molar-refractivity contribution in [3.63, 3.8) is 0 Å². The van der Waals surface area contributed by atoms with Crippen molar-refractivity contribution in [2.75, 3.05) is 16.3 Å². The topological polar surface area (TPSA) is 66.9 Å². The van der Waals surface area contributed by atoms with Gasteiger partial charge in [0, 0.05) is 23.3 Å². The van der Waals surface area contributed by atoms with Crippen molar-refractivity contribution in [3.05, 3.63) is 96.6 Å². The van der Waals surface area contributed by atoms with E-state index in [0.29, 0.717) is 0 Å². The number of fused-ring (bicyclic) bond motifs is 1. The highest BCUT2D eigenvalue weighted by Gasteiger charge is 2.44. The fourth-order valence-corrected chi connectivity index (χ4v) is 6.89. The van der Waals surface area contributed by atoms with Crippen LogP contribution in [0.25, 0.3) is 0 Å². The van der Waals surface area contributed by atoms with Gasteiger partial charge in [-0.3, -0.25) is 0 Å². The second-order valence-electron chi connectivity index (χ2n) is 10.1. The third-order valence-electron chi connectivity index (χ3n) is 7.50. The predicted molar refractivity (Wildman–Crippen MR) is 146 cm³/mol. The second kappa shape index (κ2) is 9.38. The average molecular weight is 517 g/mol. The molecular formula is C30H32N2O4S. The molecule has 0 aliphatic carbocycles. The number of likely N-dealkylation sites (N-methyl/N-ethyl adjacent to an activating group) is 1. The van der Waals surface area contributed by atoms with Gasteiger partial charge in [0.1, 0.15) is 6.04 Å². The number of benzene rings is 3. The van der Waals surface area contributed by atoms with E-state index in [2.05, 4.69) is 31.7 Å². The van der Waals surface area contributed by atoms with Crippen LogP contribution in [0.1, 0.15) is 33.3 Å². The molecule has 3 aromatic carbocycles. The molecule has 1 fully saturated rings. The lowest BCUT2D eigenvalue weighted by Gasteiger charge is -2.32. The minimum atomic E-state index is -3.63. The minimum absolute atomic E-state index is 0.0662. The maximum Gasteiger partial charge on any atom is 0.334 e. The molecule has 0 aromatic heterocycles. The monoisotopic (exact) mass is 516 g/mol. The minimum Gasteiger partial charge on any atom is -0.440 e. The van der Waals surface area contributed by atoms with Gasteiger partial charge in [0.2, 0.25) is 9.84 Å². The van der Waals surface area contributed by atoms with Gasteiger partial charge < -0.3 is 14.5 Å². The molecule has 5 rings (SSSR count). The highest BCUT2D eigenvalue weighted by atomic mass is 32.2. The van der Waals surface area contributed by atoms with Crippen LogP contribution in [0.2, 0.25) is 0 Å². The zero-order valence-electron chi connectivity index (χ0n) is 21.5. The van der Waals surface area contributed by atoms with E-state index in [1.165, 1.54) is 0 Å². The van der Waals surface area contributed by atoms with Gasteiger partial charge in [-0.2, -0.15) is 0 Å². The maximum absolute atomic E-state index is 13.3. The molecule has 2 heterocycles. The molecule has 37 heavy (non-hydrogen) atoms. The molecule has 0 bridgehead atoms. The number of hydrogen-bond donors (Lipinski definition) is 0. The first kappa shape index (κ1) is 25.1. The summed E-state index contributed by atoms with van der Waals surface area (Å²) in [7, 11) is -3.63. The average Bonchev–Trinajstić information content (AvgIpc) is 3.30. The zero-order chi connectivity index (χ0) is 26.4. The van der Waals surface area contributed by atoms with Crippen LogP contribution < -0.4 is 9.80 Å². The summed E-state index contributed by atoms with van der Waals surface area (Å²) in [5, 5.41) is 0. The molecule has 0 radical (unpaired) electrons. The highest BCUT2D eigenvalue weighted by Crippen LogP contribution is 2.47. The van der Waals surface area contributed by atoms with E-state index in [0.717, 1.165) is 23.5 Å². The SMILES string of the molecule is CCN1c2ccc(S(=O)(=O)c3ccccc3)cc2C(C)(C)C1C=CC1C(=O)OC(C)N1c1ccccc1. The number of esters is 1. The van der Waals surface area contributed by atoms with E-state index in [9.17, 15) is 13.2 Å². The number of para-hydroxylation sites is 1. The van der Waals surface area contributed by atoms with Gasteiger partial charge in [0.05, 0.1) is 15.8 Å². The van der Waals surface area contributed by atoms with Gasteiger partial charge in [-0.05, 0) is 61.9 Å². The lowest BCUT2D eigenvalue weighted by Crippen LogP contribution is -2.41. The summed E-state index contributed by atoms with van der Waals surface area (Å²) in [5.74, 6) is -0.278. The molecule has 2 aliphatic rings. The van der Waals surface area contributed by atoms with E-state index in [1.54, 1.807) is 36.4 Å². The first-order valence-corrected chi connectivity index (χ1v) is 14.1. The van der Waals surface area contributed by atoms with Crippen molar-refractivity contribution in [1.82, 2.24) is 0 Å². The highest BCUT2D eigenvalue weighted by molar-refractivity contribution is 7.91. The van der Waals surface area contributed by atoms with Gasteiger partial charge >= 0.3 is 5.97 Å². The Labute approximate surface area is 219 Å². The Kier molecular flexibility index (Phi) is 6.36. The summed E-state index contributed by atoms with van der Waals surface area (Å²) in [4.78, 5) is 17.6. The van der Waals surface area contributed by atoms with Gasteiger partial charge in [0.15, 0.2) is 6.23 Å². The summed E-state index contributed by atoms with van der Waals surface area (Å²) >= 11 is 0. The van der Waals surface area contributed by atoms with E-state index < -0.39 is 21.3 Å². The van der Waals surface area contributed by atoms with Crippen LogP contribution in [0.3, 0.4) is 0 Å². The van der Waals surface area contributed by atoms with Crippen molar-refractivity contribution >= 4 is 27.2 Å². The number of cyclic esters (lactones) is 1. The molecule has 0 spiro atoms. The fraction of sp³-hybridized carbons (Fsp3) is 0.300. The molecule has 2 aliphatic heterocycles. The third kappa shape index (κ3) is 4.21. The number of carbonyl (C=O) groups excluding carboxylic acids is 1. The standard InChI is InChI=1S/C30H32N2O4S/c1-5-31-26-17-16-24(37(34,35)23-14-10-7-11-15-23)20-25(26)30(3,4)28(31)19-18-27-29(33)36-21(2)32(27)22-12-8-6-9-13-22/h6-21,27-28H,5H2,1-4H3. The quantitative estimate of drug-likeness (QED) is 0.326. The van der Waals surface area contributed by atoms with Crippen LogP contribution in [0, 0.1) is 0 Å². The van der Waals surface area contributed by atoms with E-state index >= 15 is 0 Å². The molecule has 0 saturated carbocycles. The Morgan fingerprint density at radius 1 is 0.919 bits per heavy atom. The number of sulfone groups is 1. The number of rotatable bonds is 6. The summed E-state index contributed by atoms with van der Waals surface area (Å²) < 4.78 is 32.2. The molecule has 6 nitrogen and oxygen atoms in total. The third-order valence-corrected chi connectivity index (χ3v) is 9.27. The van der Waals surface area contributed by atoms with Crippen LogP contribution in [0.15, 0.2) is 101 Å². The van der Waals surface area contributed by atoms with E-state index in [-0.39, 0.29) is 28.0 Å². The number of nitrogens with zero attached hydrogens (tertiary/aromatic N) is 2. The van der Waals surface area contributed by atoms with Gasteiger partial charge in [0.25, 0.3) is 0 Å². The predicted octanol–water partition coefficient (Wildman–Crippen LogP) is 5.34. The lowest BCUT2D eigenvalue weighted by molar-refractivity contribution is -0.141.